The van der Waals surface area contributed by atoms with Gasteiger partial charge in [-0.05, 0) is 6.07 Å². The Morgan fingerprint density at radius 2 is 2.00 bits per heavy atom. The van der Waals surface area contributed by atoms with Crippen molar-refractivity contribution >= 4 is 11.9 Å². The molecule has 0 amide bonds. The molecule has 0 saturated heterocycles. The third-order valence-corrected chi connectivity index (χ3v) is 1.94. The molecule has 7 nitrogen and oxygen atoms in total. The van der Waals surface area contributed by atoms with Crippen molar-refractivity contribution in [3.63, 3.8) is 0 Å². The van der Waals surface area contributed by atoms with Crippen molar-refractivity contribution in [2.24, 2.45) is 10.9 Å². The second-order valence-electron chi connectivity index (χ2n) is 2.80. The summed E-state index contributed by atoms with van der Waals surface area (Å²) in [4.78, 5) is 10.2. The van der Waals surface area contributed by atoms with Gasteiger partial charge in [0.05, 0.1) is 31.4 Å². The summed E-state index contributed by atoms with van der Waals surface area (Å²) in [5.74, 6) is 5.45. The van der Waals surface area contributed by atoms with Crippen molar-refractivity contribution in [3.05, 3.63) is 27.8 Å². The van der Waals surface area contributed by atoms with Gasteiger partial charge in [-0.3, -0.25) is 10.1 Å². The Labute approximate surface area is 91.6 Å². The van der Waals surface area contributed by atoms with Crippen molar-refractivity contribution in [1.29, 1.82) is 0 Å². The number of nitrogens with zero attached hydrogens (tertiary/aromatic N) is 2. The van der Waals surface area contributed by atoms with E-state index in [4.69, 9.17) is 15.3 Å². The Balaban J connectivity index is 3.39. The maximum Gasteiger partial charge on any atom is 0.314 e. The highest BCUT2D eigenvalue weighted by Gasteiger charge is 2.18. The van der Waals surface area contributed by atoms with Crippen molar-refractivity contribution in [3.8, 4) is 11.5 Å². The van der Waals surface area contributed by atoms with E-state index in [1.54, 1.807) is 0 Å². The Kier molecular flexibility index (Phi) is 3.65. The second kappa shape index (κ2) is 4.96. The second-order valence-corrected chi connectivity index (χ2v) is 2.80. The molecule has 86 valence electrons. The molecule has 0 aliphatic rings. The van der Waals surface area contributed by atoms with Crippen LogP contribution in [0.3, 0.4) is 0 Å². The van der Waals surface area contributed by atoms with Crippen molar-refractivity contribution in [1.82, 2.24) is 0 Å². The lowest BCUT2D eigenvalue weighted by atomic mass is 10.2. The zero-order valence-corrected chi connectivity index (χ0v) is 8.84. The number of methoxy groups -OCH3 is 2. The molecular weight excluding hydrogens is 214 g/mol. The van der Waals surface area contributed by atoms with Crippen LogP contribution < -0.4 is 15.3 Å². The normalized spacial score (nSPS) is 10.4. The van der Waals surface area contributed by atoms with E-state index >= 15 is 0 Å². The summed E-state index contributed by atoms with van der Waals surface area (Å²) >= 11 is 0. The quantitative estimate of drug-likeness (QED) is 0.355. The van der Waals surface area contributed by atoms with Crippen LogP contribution in [0.25, 0.3) is 0 Å². The van der Waals surface area contributed by atoms with E-state index in [0.717, 1.165) is 0 Å². The van der Waals surface area contributed by atoms with E-state index in [0.29, 0.717) is 11.3 Å². The number of hydrogen-bond donors (Lipinski definition) is 1. The van der Waals surface area contributed by atoms with Crippen molar-refractivity contribution in [2.45, 2.75) is 0 Å². The average molecular weight is 225 g/mol. The third-order valence-electron chi connectivity index (χ3n) is 1.94. The molecule has 2 N–H and O–H groups in total. The zero-order valence-electron chi connectivity index (χ0n) is 8.84. The maximum atomic E-state index is 10.7. The van der Waals surface area contributed by atoms with Crippen LogP contribution in [0.4, 0.5) is 5.69 Å². The van der Waals surface area contributed by atoms with Gasteiger partial charge in [0.25, 0.3) is 0 Å². The van der Waals surface area contributed by atoms with Crippen molar-refractivity contribution in [2.75, 3.05) is 14.2 Å². The van der Waals surface area contributed by atoms with Gasteiger partial charge in [-0.1, -0.05) is 0 Å². The van der Waals surface area contributed by atoms with E-state index < -0.39 is 4.92 Å². The Hall–Kier alpha value is -2.31. The van der Waals surface area contributed by atoms with E-state index in [-0.39, 0.29) is 11.4 Å². The fraction of sp³-hybridized carbons (Fsp3) is 0.222. The number of benzene rings is 1. The van der Waals surface area contributed by atoms with Gasteiger partial charge in [0, 0.05) is 5.56 Å². The molecule has 7 heteroatoms. The fourth-order valence-electron chi connectivity index (χ4n) is 1.23. The SMILES string of the molecule is COc1cc([N+](=O)[O-])c(OC)cc1C=NN. The number of nitro benzene ring substituents is 1. The van der Waals surface area contributed by atoms with E-state index in [1.807, 2.05) is 0 Å². The lowest BCUT2D eigenvalue weighted by Gasteiger charge is -2.07. The van der Waals surface area contributed by atoms with Crippen molar-refractivity contribution < 1.29 is 14.4 Å². The molecule has 0 aromatic heterocycles. The van der Waals surface area contributed by atoms with Crippen LogP contribution in [0.15, 0.2) is 17.2 Å². The predicted octanol–water partition coefficient (Wildman–Crippen LogP) is 0.905. The van der Waals surface area contributed by atoms with E-state index in [1.165, 1.54) is 32.6 Å². The molecule has 0 aliphatic carbocycles. The molecule has 0 bridgehead atoms. The summed E-state index contributed by atoms with van der Waals surface area (Å²) in [5, 5.41) is 14.1. The number of nitrogens with two attached hydrogens (primary N) is 1. The van der Waals surface area contributed by atoms with Crippen LogP contribution in [0, 0.1) is 10.1 Å². The number of hydrogen-bond acceptors (Lipinski definition) is 6. The summed E-state index contributed by atoms with van der Waals surface area (Å²) < 4.78 is 9.87. The number of rotatable bonds is 4. The molecule has 0 spiro atoms. The highest BCUT2D eigenvalue weighted by atomic mass is 16.6. The largest absolute Gasteiger partial charge is 0.496 e. The van der Waals surface area contributed by atoms with Gasteiger partial charge in [-0.15, -0.1) is 0 Å². The van der Waals surface area contributed by atoms with Crippen LogP contribution in [-0.4, -0.2) is 25.4 Å². The van der Waals surface area contributed by atoms with Gasteiger partial charge in [-0.2, -0.15) is 5.10 Å². The van der Waals surface area contributed by atoms with Crippen LogP contribution >= 0.6 is 0 Å². The minimum Gasteiger partial charge on any atom is -0.496 e. The highest BCUT2D eigenvalue weighted by Crippen LogP contribution is 2.33. The molecule has 0 unspecified atom stereocenters. The molecule has 0 radical (unpaired) electrons. The Morgan fingerprint density at radius 3 is 2.44 bits per heavy atom. The highest BCUT2D eigenvalue weighted by molar-refractivity contribution is 5.85. The molecule has 16 heavy (non-hydrogen) atoms. The van der Waals surface area contributed by atoms with Crippen LogP contribution in [-0.2, 0) is 0 Å². The monoisotopic (exact) mass is 225 g/mol. The van der Waals surface area contributed by atoms with Crippen LogP contribution in [0.2, 0.25) is 0 Å². The molecule has 1 aromatic carbocycles. The molecule has 0 atom stereocenters. The van der Waals surface area contributed by atoms with E-state index in [9.17, 15) is 10.1 Å². The van der Waals surface area contributed by atoms with Gasteiger partial charge < -0.3 is 15.3 Å². The molecule has 0 fully saturated rings. The third kappa shape index (κ3) is 2.19. The molecule has 1 rings (SSSR count). The Bertz CT molecular complexity index is 431. The maximum absolute atomic E-state index is 10.7. The number of nitro groups is 1. The first-order valence-corrected chi connectivity index (χ1v) is 4.27. The first kappa shape index (κ1) is 11.8. The van der Waals surface area contributed by atoms with Crippen LogP contribution in [0.1, 0.15) is 5.56 Å². The van der Waals surface area contributed by atoms with Gasteiger partial charge >= 0.3 is 5.69 Å². The summed E-state index contributed by atoms with van der Waals surface area (Å²) in [5.41, 5.74) is 0.334. The zero-order chi connectivity index (χ0) is 12.1. The van der Waals surface area contributed by atoms with Gasteiger partial charge in [-0.25, -0.2) is 0 Å². The molecule has 0 heterocycles. The summed E-state index contributed by atoms with van der Waals surface area (Å²) in [6.45, 7) is 0. The Morgan fingerprint density at radius 1 is 1.38 bits per heavy atom. The smallest absolute Gasteiger partial charge is 0.314 e. The molecular formula is C9H11N3O4. The predicted molar refractivity (Wildman–Crippen MR) is 58.0 cm³/mol. The fourth-order valence-corrected chi connectivity index (χ4v) is 1.23. The molecule has 1 aromatic rings. The topological polar surface area (TPSA) is 100.0 Å². The van der Waals surface area contributed by atoms with Gasteiger partial charge in [0.2, 0.25) is 0 Å². The summed E-state index contributed by atoms with van der Waals surface area (Å²) in [6.07, 6.45) is 1.32. The first-order valence-electron chi connectivity index (χ1n) is 4.27. The first-order chi connectivity index (χ1) is 7.63. The van der Waals surface area contributed by atoms with E-state index in [2.05, 4.69) is 5.10 Å². The molecule has 0 aliphatic heterocycles. The summed E-state index contributed by atoms with van der Waals surface area (Å²) in [7, 11) is 2.75. The minimum atomic E-state index is -0.551. The standard InChI is InChI=1S/C9H11N3O4/c1-15-8-4-7(12(13)14)9(16-2)3-6(8)5-11-10/h3-5H,10H2,1-2H3. The minimum absolute atomic E-state index is 0.126. The van der Waals surface area contributed by atoms with Crippen LogP contribution in [0.5, 0.6) is 11.5 Å². The average Bonchev–Trinajstić information content (AvgIpc) is 2.28. The summed E-state index contributed by atoms with van der Waals surface area (Å²) in [6, 6.07) is 2.70. The molecule has 0 saturated carbocycles. The van der Waals surface area contributed by atoms with Gasteiger partial charge in [0.15, 0.2) is 5.75 Å². The lowest BCUT2D eigenvalue weighted by molar-refractivity contribution is -0.385. The number of hydrazone groups is 1. The van der Waals surface area contributed by atoms with Gasteiger partial charge in [0.1, 0.15) is 5.75 Å². The lowest BCUT2D eigenvalue weighted by Crippen LogP contribution is -1.99. The number of ether oxygens (including phenoxy) is 2.